The van der Waals surface area contributed by atoms with Crippen molar-refractivity contribution in [2.75, 3.05) is 31.1 Å². The van der Waals surface area contributed by atoms with Gasteiger partial charge in [0.2, 0.25) is 5.91 Å². The van der Waals surface area contributed by atoms with Gasteiger partial charge in [-0.2, -0.15) is 0 Å². The predicted octanol–water partition coefficient (Wildman–Crippen LogP) is 9.01. The number of carbonyl (C=O) groups excluding carboxylic acids is 1. The lowest BCUT2D eigenvalue weighted by Gasteiger charge is -2.36. The summed E-state index contributed by atoms with van der Waals surface area (Å²) in [7, 11) is 0. The van der Waals surface area contributed by atoms with Crippen LogP contribution in [0.5, 0.6) is 11.5 Å². The molecule has 0 unspecified atom stereocenters. The Morgan fingerprint density at radius 1 is 0.717 bits per heavy atom. The topological polar surface area (TPSA) is 37.7 Å². The molecule has 230 valence electrons. The highest BCUT2D eigenvalue weighted by Crippen LogP contribution is 2.37. The van der Waals surface area contributed by atoms with Gasteiger partial charge >= 0.3 is 0 Å². The highest BCUT2D eigenvalue weighted by atomic mass is 35.5. The average Bonchev–Trinajstić information content (AvgIpc) is 3.46. The van der Waals surface area contributed by atoms with Crippen LogP contribution in [0.4, 0.5) is 5.69 Å². The van der Waals surface area contributed by atoms with Crippen molar-refractivity contribution in [1.82, 2.24) is 9.47 Å². The van der Waals surface area contributed by atoms with Gasteiger partial charge in [0.05, 0.1) is 0 Å². The molecular weight excluding hydrogens is 590 g/mol. The second-order valence-corrected chi connectivity index (χ2v) is 12.2. The molecule has 1 aliphatic heterocycles. The number of halogens is 1. The summed E-state index contributed by atoms with van der Waals surface area (Å²) in [6.45, 7) is 3.64. The van der Waals surface area contributed by atoms with Crippen LogP contribution in [0.15, 0.2) is 140 Å². The van der Waals surface area contributed by atoms with E-state index in [1.54, 1.807) is 0 Å². The van der Waals surface area contributed by atoms with Crippen LogP contribution < -0.4 is 9.64 Å². The molecule has 0 radical (unpaired) electrons. The number of hydrogen-bond acceptors (Lipinski definition) is 3. The molecule has 1 aromatic heterocycles. The van der Waals surface area contributed by atoms with Crippen molar-refractivity contribution in [2.45, 2.75) is 18.9 Å². The molecule has 0 N–H and O–H groups in total. The van der Waals surface area contributed by atoms with Crippen molar-refractivity contribution >= 4 is 34.1 Å². The minimum Gasteiger partial charge on any atom is -0.457 e. The number of aromatic nitrogens is 1. The smallest absolute Gasteiger partial charge is 0.223 e. The SMILES string of the molecule is O=C(C[C@@H](c1cccc(Oc2ccccc2)c1)c1cn(Cc2ccccc2)c2ccccc12)N1CCN(c2cccc(Cl)c2)CC1. The molecule has 6 aromatic rings. The number of amides is 1. The number of nitrogens with zero attached hydrogens (tertiary/aromatic N) is 3. The van der Waals surface area contributed by atoms with Crippen molar-refractivity contribution in [1.29, 1.82) is 0 Å². The van der Waals surface area contributed by atoms with Crippen LogP contribution in [0, 0.1) is 0 Å². The molecule has 0 spiro atoms. The number of para-hydroxylation sites is 2. The fourth-order valence-corrected chi connectivity index (χ4v) is 6.67. The lowest BCUT2D eigenvalue weighted by molar-refractivity contribution is -0.131. The number of piperazine rings is 1. The van der Waals surface area contributed by atoms with Gasteiger partial charge in [0.15, 0.2) is 0 Å². The van der Waals surface area contributed by atoms with Gasteiger partial charge in [-0.25, -0.2) is 0 Å². The first kappa shape index (κ1) is 29.7. The first-order chi connectivity index (χ1) is 22.6. The van der Waals surface area contributed by atoms with Gasteiger partial charge in [-0.1, -0.05) is 96.5 Å². The minimum absolute atomic E-state index is 0.153. The number of rotatable bonds is 9. The first-order valence-corrected chi connectivity index (χ1v) is 16.2. The normalized spacial score (nSPS) is 13.9. The molecule has 2 heterocycles. The third kappa shape index (κ3) is 6.65. The molecule has 6 heteroatoms. The summed E-state index contributed by atoms with van der Waals surface area (Å²) < 4.78 is 8.56. The summed E-state index contributed by atoms with van der Waals surface area (Å²) in [4.78, 5) is 18.4. The molecule has 5 nitrogen and oxygen atoms in total. The molecule has 0 aliphatic carbocycles. The highest BCUT2D eigenvalue weighted by molar-refractivity contribution is 6.30. The molecule has 46 heavy (non-hydrogen) atoms. The van der Waals surface area contributed by atoms with Crippen molar-refractivity contribution in [3.05, 3.63) is 161 Å². The van der Waals surface area contributed by atoms with Crippen LogP contribution >= 0.6 is 11.6 Å². The van der Waals surface area contributed by atoms with Gasteiger partial charge in [-0.05, 0) is 65.2 Å². The van der Waals surface area contributed by atoms with Crippen LogP contribution in [0.2, 0.25) is 5.02 Å². The van der Waals surface area contributed by atoms with Crippen molar-refractivity contribution in [3.63, 3.8) is 0 Å². The van der Waals surface area contributed by atoms with E-state index in [0.717, 1.165) is 63.9 Å². The number of fused-ring (bicyclic) bond motifs is 1. The first-order valence-electron chi connectivity index (χ1n) is 15.8. The Labute approximate surface area is 275 Å². The van der Waals surface area contributed by atoms with Crippen LogP contribution in [0.3, 0.4) is 0 Å². The Kier molecular flexibility index (Phi) is 8.75. The zero-order valence-corrected chi connectivity index (χ0v) is 26.4. The van der Waals surface area contributed by atoms with Gasteiger partial charge in [-0.15, -0.1) is 0 Å². The molecular formula is C40H36ClN3O2. The summed E-state index contributed by atoms with van der Waals surface area (Å²) in [5.74, 6) is 1.54. The maximum Gasteiger partial charge on any atom is 0.223 e. The van der Waals surface area contributed by atoms with E-state index >= 15 is 0 Å². The van der Waals surface area contributed by atoms with E-state index in [2.05, 4.69) is 82.4 Å². The summed E-state index contributed by atoms with van der Waals surface area (Å²) in [5.41, 5.74) is 5.69. The quantitative estimate of drug-likeness (QED) is 0.161. The second kappa shape index (κ2) is 13.6. The lowest BCUT2D eigenvalue weighted by atomic mass is 9.87. The van der Waals surface area contributed by atoms with E-state index in [0.29, 0.717) is 19.5 Å². The molecule has 0 bridgehead atoms. The third-order valence-electron chi connectivity index (χ3n) is 8.81. The Hall–Kier alpha value is -5.00. The molecule has 1 atom stereocenters. The maximum atomic E-state index is 14.1. The summed E-state index contributed by atoms with van der Waals surface area (Å²) in [6, 6.07) is 45.0. The largest absolute Gasteiger partial charge is 0.457 e. The maximum absolute atomic E-state index is 14.1. The van der Waals surface area contributed by atoms with E-state index in [4.69, 9.17) is 16.3 Å². The zero-order chi connectivity index (χ0) is 31.3. The Balaban J connectivity index is 1.20. The van der Waals surface area contributed by atoms with Gasteiger partial charge in [-0.3, -0.25) is 4.79 Å². The van der Waals surface area contributed by atoms with E-state index in [-0.39, 0.29) is 11.8 Å². The summed E-state index contributed by atoms with van der Waals surface area (Å²) in [6.07, 6.45) is 2.61. The highest BCUT2D eigenvalue weighted by Gasteiger charge is 2.28. The fourth-order valence-electron chi connectivity index (χ4n) is 6.48. The van der Waals surface area contributed by atoms with Crippen molar-refractivity contribution in [2.24, 2.45) is 0 Å². The summed E-state index contributed by atoms with van der Waals surface area (Å²) >= 11 is 6.26. The number of anilines is 1. The van der Waals surface area contributed by atoms with Crippen molar-refractivity contribution < 1.29 is 9.53 Å². The number of ether oxygens (including phenoxy) is 1. The van der Waals surface area contributed by atoms with E-state index in [1.807, 2.05) is 71.6 Å². The van der Waals surface area contributed by atoms with Gasteiger partial charge in [0.25, 0.3) is 0 Å². The standard InChI is InChI=1S/C40H36ClN3O2/c41-32-14-10-15-33(26-32)42-21-23-43(24-22-42)40(45)27-37(31-13-9-18-35(25-31)46-34-16-5-2-6-17-34)38-29-44(28-30-11-3-1-4-12-30)39-20-8-7-19-36(38)39/h1-20,25-26,29,37H,21-24,27-28H2/t37-/m0/s1. The van der Waals surface area contributed by atoms with Crippen LogP contribution in [-0.4, -0.2) is 41.6 Å². The zero-order valence-electron chi connectivity index (χ0n) is 25.6. The van der Waals surface area contributed by atoms with Gasteiger partial charge in [0, 0.05) is 72.9 Å². The Bertz CT molecular complexity index is 1930. The average molecular weight is 626 g/mol. The Morgan fingerprint density at radius 2 is 1.41 bits per heavy atom. The number of benzene rings is 5. The molecule has 1 saturated heterocycles. The lowest BCUT2D eigenvalue weighted by Crippen LogP contribution is -2.49. The fraction of sp³-hybridized carbons (Fsp3) is 0.175. The molecule has 1 amide bonds. The van der Waals surface area contributed by atoms with Crippen LogP contribution in [-0.2, 0) is 11.3 Å². The van der Waals surface area contributed by atoms with Crippen molar-refractivity contribution in [3.8, 4) is 11.5 Å². The van der Waals surface area contributed by atoms with Crippen LogP contribution in [0.1, 0.15) is 29.0 Å². The van der Waals surface area contributed by atoms with Gasteiger partial charge < -0.3 is 19.1 Å². The third-order valence-corrected chi connectivity index (χ3v) is 9.05. The van der Waals surface area contributed by atoms with E-state index in [1.165, 1.54) is 5.56 Å². The molecule has 7 rings (SSSR count). The van der Waals surface area contributed by atoms with Crippen LogP contribution in [0.25, 0.3) is 10.9 Å². The van der Waals surface area contributed by atoms with Gasteiger partial charge in [0.1, 0.15) is 11.5 Å². The Morgan fingerprint density at radius 3 is 2.20 bits per heavy atom. The minimum atomic E-state index is -0.153. The van der Waals surface area contributed by atoms with E-state index in [9.17, 15) is 4.79 Å². The molecule has 5 aromatic carbocycles. The number of hydrogen-bond donors (Lipinski definition) is 0. The number of carbonyl (C=O) groups is 1. The summed E-state index contributed by atoms with van der Waals surface area (Å²) in [5, 5.41) is 1.89. The van der Waals surface area contributed by atoms with E-state index < -0.39 is 0 Å². The monoisotopic (exact) mass is 625 g/mol. The predicted molar refractivity (Wildman–Crippen MR) is 187 cm³/mol. The molecule has 1 aliphatic rings. The molecule has 1 fully saturated rings. The second-order valence-electron chi connectivity index (χ2n) is 11.8. The molecule has 0 saturated carbocycles.